The highest BCUT2D eigenvalue weighted by Crippen LogP contribution is 2.22. The third-order valence-electron chi connectivity index (χ3n) is 2.74. The second-order valence-corrected chi connectivity index (χ2v) is 3.78. The Hall–Kier alpha value is -1.07. The topological polar surface area (TPSA) is 61.8 Å². The predicted molar refractivity (Wildman–Crippen MR) is 54.2 cm³/mol. The van der Waals surface area contributed by atoms with E-state index in [9.17, 15) is 4.79 Å². The highest BCUT2D eigenvalue weighted by atomic mass is 16.5. The molecule has 0 bridgehead atoms. The molecule has 0 radical (unpaired) electrons. The molecule has 2 N–H and O–H groups in total. The van der Waals surface area contributed by atoms with Gasteiger partial charge in [-0.3, -0.25) is 4.90 Å². The van der Waals surface area contributed by atoms with Crippen molar-refractivity contribution in [1.82, 2.24) is 10.2 Å². The van der Waals surface area contributed by atoms with Gasteiger partial charge in [0.05, 0.1) is 12.7 Å². The van der Waals surface area contributed by atoms with E-state index in [2.05, 4.69) is 5.32 Å². The van der Waals surface area contributed by atoms with Gasteiger partial charge in [0, 0.05) is 13.1 Å². The summed E-state index contributed by atoms with van der Waals surface area (Å²) in [5, 5.41) is 11.7. The van der Waals surface area contributed by atoms with Crippen molar-refractivity contribution in [2.24, 2.45) is 0 Å². The molecule has 15 heavy (non-hydrogen) atoms. The van der Waals surface area contributed by atoms with Crippen molar-refractivity contribution in [3.63, 3.8) is 0 Å². The molecule has 2 rings (SSSR count). The van der Waals surface area contributed by atoms with E-state index in [-0.39, 0.29) is 25.0 Å². The lowest BCUT2D eigenvalue weighted by molar-refractivity contribution is -0.0466. The summed E-state index contributed by atoms with van der Waals surface area (Å²) < 4.78 is 5.56. The first kappa shape index (κ1) is 10.4. The average molecular weight is 212 g/mol. The zero-order chi connectivity index (χ0) is 10.7. The molecule has 0 aromatic rings. The lowest BCUT2D eigenvalue weighted by atomic mass is 10.2. The van der Waals surface area contributed by atoms with Crippen molar-refractivity contribution in [2.75, 3.05) is 19.7 Å². The van der Waals surface area contributed by atoms with E-state index in [1.165, 1.54) is 0 Å². The molecule has 2 amide bonds. The zero-order valence-electron chi connectivity index (χ0n) is 8.56. The Morgan fingerprint density at radius 1 is 1.53 bits per heavy atom. The molecule has 1 fully saturated rings. The minimum atomic E-state index is -0.190. The number of rotatable bonds is 2. The van der Waals surface area contributed by atoms with Crippen LogP contribution < -0.4 is 5.32 Å². The van der Waals surface area contributed by atoms with Crippen LogP contribution in [0.15, 0.2) is 12.2 Å². The van der Waals surface area contributed by atoms with Gasteiger partial charge in [-0.15, -0.1) is 0 Å². The maximum absolute atomic E-state index is 11.6. The number of carbonyl (C=O) groups excluding carboxylic acids is 1. The summed E-state index contributed by atoms with van der Waals surface area (Å²) in [5.74, 6) is 0. The summed E-state index contributed by atoms with van der Waals surface area (Å²) in [7, 11) is 0. The molecular weight excluding hydrogens is 196 g/mol. The number of nitrogens with zero attached hydrogens (tertiary/aromatic N) is 1. The van der Waals surface area contributed by atoms with Crippen molar-refractivity contribution in [1.29, 1.82) is 0 Å². The van der Waals surface area contributed by atoms with Crippen LogP contribution >= 0.6 is 0 Å². The van der Waals surface area contributed by atoms with Gasteiger partial charge in [0.15, 0.2) is 0 Å². The van der Waals surface area contributed by atoms with Crippen molar-refractivity contribution < 1.29 is 14.6 Å². The third kappa shape index (κ3) is 2.30. The van der Waals surface area contributed by atoms with Gasteiger partial charge in [0.25, 0.3) is 0 Å². The first-order chi connectivity index (χ1) is 7.31. The molecule has 0 saturated carbocycles. The quantitative estimate of drug-likeness (QED) is 0.636. The standard InChI is InChI=1S/C10H16N2O3/c13-7-8-3-4-9(15-8)12-6-2-1-5-11-10(12)14/h1-2,8-9,13H,3-7H2,(H,11,14)/t8-,9+/m0/s1. The van der Waals surface area contributed by atoms with Crippen LogP contribution in [-0.2, 0) is 4.74 Å². The van der Waals surface area contributed by atoms with Crippen molar-refractivity contribution >= 4 is 6.03 Å². The highest BCUT2D eigenvalue weighted by Gasteiger charge is 2.32. The van der Waals surface area contributed by atoms with Gasteiger partial charge in [-0.2, -0.15) is 0 Å². The third-order valence-corrected chi connectivity index (χ3v) is 2.74. The first-order valence-corrected chi connectivity index (χ1v) is 5.27. The van der Waals surface area contributed by atoms with Crippen LogP contribution in [0.5, 0.6) is 0 Å². The Morgan fingerprint density at radius 3 is 3.13 bits per heavy atom. The van der Waals surface area contributed by atoms with E-state index in [0.717, 1.165) is 12.8 Å². The lowest BCUT2D eigenvalue weighted by Crippen LogP contribution is -2.45. The normalized spacial score (nSPS) is 31.5. The van der Waals surface area contributed by atoms with E-state index >= 15 is 0 Å². The smallest absolute Gasteiger partial charge is 0.319 e. The summed E-state index contributed by atoms with van der Waals surface area (Å²) in [6.45, 7) is 1.18. The number of urea groups is 1. The SMILES string of the molecule is O=C1NCC=CCN1[C@H]1CC[C@@H](CO)O1. The van der Waals surface area contributed by atoms with Gasteiger partial charge in [-0.05, 0) is 12.8 Å². The van der Waals surface area contributed by atoms with Crippen molar-refractivity contribution in [2.45, 2.75) is 25.2 Å². The maximum atomic E-state index is 11.6. The average Bonchev–Trinajstić information content (AvgIpc) is 2.62. The number of aliphatic hydroxyl groups is 1. The van der Waals surface area contributed by atoms with E-state index in [0.29, 0.717) is 13.1 Å². The first-order valence-electron chi connectivity index (χ1n) is 5.27. The molecule has 0 spiro atoms. The summed E-state index contributed by atoms with van der Waals surface area (Å²) in [5.41, 5.74) is 0. The number of amides is 2. The van der Waals surface area contributed by atoms with Gasteiger partial charge in [-0.1, -0.05) is 12.2 Å². The fourth-order valence-electron chi connectivity index (χ4n) is 1.90. The number of aliphatic hydroxyl groups excluding tert-OH is 1. The monoisotopic (exact) mass is 212 g/mol. The van der Waals surface area contributed by atoms with Gasteiger partial charge in [-0.25, -0.2) is 4.79 Å². The molecule has 0 aliphatic carbocycles. The maximum Gasteiger partial charge on any atom is 0.319 e. The van der Waals surface area contributed by atoms with Gasteiger partial charge < -0.3 is 15.2 Å². The van der Waals surface area contributed by atoms with E-state index in [4.69, 9.17) is 9.84 Å². The lowest BCUT2D eigenvalue weighted by Gasteiger charge is -2.26. The second kappa shape index (κ2) is 4.63. The molecule has 5 nitrogen and oxygen atoms in total. The van der Waals surface area contributed by atoms with Gasteiger partial charge in [0.2, 0.25) is 0 Å². The van der Waals surface area contributed by atoms with Gasteiger partial charge in [0.1, 0.15) is 6.23 Å². The molecule has 2 heterocycles. The number of carbonyl (C=O) groups is 1. The summed E-state index contributed by atoms with van der Waals surface area (Å²) in [6.07, 6.45) is 5.19. The largest absolute Gasteiger partial charge is 0.394 e. The predicted octanol–water partition coefficient (Wildman–Crippen LogP) is 0.0652. The van der Waals surface area contributed by atoms with Crippen molar-refractivity contribution in [3.8, 4) is 0 Å². The summed E-state index contributed by atoms with van der Waals surface area (Å²) >= 11 is 0. The molecule has 2 aliphatic heterocycles. The Morgan fingerprint density at radius 2 is 2.40 bits per heavy atom. The Labute approximate surface area is 88.7 Å². The van der Waals surface area contributed by atoms with Crippen molar-refractivity contribution in [3.05, 3.63) is 12.2 Å². The Bertz CT molecular complexity index is 267. The van der Waals surface area contributed by atoms with E-state index < -0.39 is 0 Å². The van der Waals surface area contributed by atoms with Crippen LogP contribution in [0.25, 0.3) is 0 Å². The molecule has 2 aliphatic rings. The van der Waals surface area contributed by atoms with Crippen LogP contribution in [0.1, 0.15) is 12.8 Å². The fraction of sp³-hybridized carbons (Fsp3) is 0.700. The molecule has 1 saturated heterocycles. The second-order valence-electron chi connectivity index (χ2n) is 3.78. The number of ether oxygens (including phenoxy) is 1. The minimum Gasteiger partial charge on any atom is -0.394 e. The van der Waals surface area contributed by atoms with Crippen LogP contribution in [0.2, 0.25) is 0 Å². The Balaban J connectivity index is 1.97. The number of hydrogen-bond donors (Lipinski definition) is 2. The summed E-state index contributed by atoms with van der Waals surface area (Å²) in [4.78, 5) is 13.3. The van der Waals surface area contributed by atoms with Crippen LogP contribution in [-0.4, -0.2) is 48.1 Å². The number of nitrogens with one attached hydrogen (secondary N) is 1. The molecule has 0 unspecified atom stereocenters. The molecule has 84 valence electrons. The Kier molecular flexibility index (Phi) is 3.23. The fourth-order valence-corrected chi connectivity index (χ4v) is 1.90. The molecule has 2 atom stereocenters. The molecule has 5 heteroatoms. The highest BCUT2D eigenvalue weighted by molar-refractivity contribution is 5.75. The molecule has 0 aromatic carbocycles. The number of hydrogen-bond acceptors (Lipinski definition) is 3. The van der Waals surface area contributed by atoms with Crippen LogP contribution in [0.4, 0.5) is 4.79 Å². The van der Waals surface area contributed by atoms with Gasteiger partial charge >= 0.3 is 6.03 Å². The summed E-state index contributed by atoms with van der Waals surface area (Å²) in [6, 6.07) is -0.0939. The van der Waals surface area contributed by atoms with Crippen LogP contribution in [0, 0.1) is 0 Å². The zero-order valence-corrected chi connectivity index (χ0v) is 8.56. The molecule has 0 aromatic heterocycles. The molecular formula is C10H16N2O3. The minimum absolute atomic E-state index is 0.0296. The van der Waals surface area contributed by atoms with Crippen LogP contribution in [0.3, 0.4) is 0 Å². The van der Waals surface area contributed by atoms with E-state index in [1.807, 2.05) is 12.2 Å². The van der Waals surface area contributed by atoms with E-state index in [1.54, 1.807) is 4.90 Å².